The highest BCUT2D eigenvalue weighted by Crippen LogP contribution is 2.21. The number of nitrogens with zero attached hydrogens (tertiary/aromatic N) is 2. The van der Waals surface area contributed by atoms with Gasteiger partial charge in [-0.25, -0.2) is 4.98 Å². The normalized spacial score (nSPS) is 13.1. The van der Waals surface area contributed by atoms with Crippen LogP contribution in [0.5, 0.6) is 5.88 Å². The van der Waals surface area contributed by atoms with Crippen molar-refractivity contribution in [2.75, 3.05) is 25.1 Å². The second-order valence-corrected chi connectivity index (χ2v) is 6.79. The van der Waals surface area contributed by atoms with Crippen molar-refractivity contribution in [3.05, 3.63) is 62.4 Å². The van der Waals surface area contributed by atoms with Crippen LogP contribution in [0.25, 0.3) is 0 Å². The van der Waals surface area contributed by atoms with Gasteiger partial charge >= 0.3 is 4.87 Å². The number of aromatic amines is 1. The zero-order valence-electron chi connectivity index (χ0n) is 14.4. The van der Waals surface area contributed by atoms with E-state index in [4.69, 9.17) is 4.74 Å². The Morgan fingerprint density at radius 2 is 2.31 bits per heavy atom. The monoisotopic (exact) mass is 369 g/mol. The van der Waals surface area contributed by atoms with Gasteiger partial charge < -0.3 is 14.7 Å². The number of allylic oxidation sites excluding steroid dienone is 4. The van der Waals surface area contributed by atoms with Crippen LogP contribution in [0.15, 0.2) is 52.7 Å². The Labute approximate surface area is 155 Å². The van der Waals surface area contributed by atoms with Crippen molar-refractivity contribution in [2.24, 2.45) is 0 Å². The van der Waals surface area contributed by atoms with Crippen LogP contribution in [0.3, 0.4) is 0 Å². The van der Waals surface area contributed by atoms with E-state index in [1.165, 1.54) is 0 Å². The van der Waals surface area contributed by atoms with Gasteiger partial charge in [0.05, 0.1) is 17.8 Å². The average molecular weight is 369 g/mol. The topological polar surface area (TPSA) is 78.5 Å². The lowest BCUT2D eigenvalue weighted by Gasteiger charge is -2.18. The number of likely N-dealkylation sites (N-methyl/N-ethyl adjacent to an activating group) is 1. The number of hydrogen-bond acceptors (Lipinski definition) is 6. The van der Waals surface area contributed by atoms with Gasteiger partial charge in [-0.05, 0) is 24.3 Å². The Balaban J connectivity index is 1.54. The fraction of sp³-hybridized carbons (Fsp3) is 0.263. The third-order valence-electron chi connectivity index (χ3n) is 3.79. The lowest BCUT2D eigenvalue weighted by Crippen LogP contribution is -2.23. The van der Waals surface area contributed by atoms with Crippen molar-refractivity contribution >= 4 is 17.2 Å². The van der Waals surface area contributed by atoms with Crippen molar-refractivity contribution in [3.8, 4) is 17.7 Å². The van der Waals surface area contributed by atoms with E-state index >= 15 is 0 Å². The molecule has 0 aliphatic heterocycles. The van der Waals surface area contributed by atoms with Crippen LogP contribution in [-0.4, -0.2) is 35.3 Å². The van der Waals surface area contributed by atoms with Crippen molar-refractivity contribution in [3.63, 3.8) is 0 Å². The van der Waals surface area contributed by atoms with Crippen LogP contribution in [0.2, 0.25) is 0 Å². The minimum Gasteiger partial charge on any atom is -0.495 e. The van der Waals surface area contributed by atoms with Crippen LogP contribution >= 0.6 is 11.3 Å². The largest absolute Gasteiger partial charge is 0.495 e. The van der Waals surface area contributed by atoms with Crippen molar-refractivity contribution in [1.82, 2.24) is 9.97 Å². The highest BCUT2D eigenvalue weighted by Gasteiger charge is 2.09. The van der Waals surface area contributed by atoms with E-state index in [-0.39, 0.29) is 10.8 Å². The number of H-pyrrole nitrogens is 1. The summed E-state index contributed by atoms with van der Waals surface area (Å²) in [7, 11) is 1.97. The quantitative estimate of drug-likeness (QED) is 0.733. The molecule has 134 valence electrons. The van der Waals surface area contributed by atoms with Crippen LogP contribution in [0.1, 0.15) is 11.3 Å². The molecule has 0 atom stereocenters. The summed E-state index contributed by atoms with van der Waals surface area (Å²) in [6.07, 6.45) is 6.48. The van der Waals surface area contributed by atoms with E-state index in [1.807, 2.05) is 42.3 Å². The second-order valence-electron chi connectivity index (χ2n) is 5.72. The fourth-order valence-electron chi connectivity index (χ4n) is 2.39. The molecule has 2 aromatic rings. The molecule has 0 unspecified atom stereocenters. The summed E-state index contributed by atoms with van der Waals surface area (Å²) in [4.78, 5) is 20.3. The zero-order chi connectivity index (χ0) is 18.4. The molecule has 6 nitrogen and oxygen atoms in total. The van der Waals surface area contributed by atoms with Gasteiger partial charge in [-0.15, -0.1) is 0 Å². The molecule has 0 saturated heterocycles. The SMILES string of the molecule is CN(CCOC1=CC=C(Cc2sc(=O)[nH]c2O)C#CC1)c1ccccn1. The molecule has 0 aromatic carbocycles. The maximum Gasteiger partial charge on any atom is 0.307 e. The van der Waals surface area contributed by atoms with Crippen LogP contribution < -0.4 is 9.77 Å². The Morgan fingerprint density at radius 3 is 3.04 bits per heavy atom. The molecule has 0 spiro atoms. The number of aromatic nitrogens is 2. The first-order chi connectivity index (χ1) is 12.6. The first kappa shape index (κ1) is 17.8. The maximum absolute atomic E-state index is 11.3. The lowest BCUT2D eigenvalue weighted by molar-refractivity contribution is 0.216. The Bertz CT molecular complexity index is 932. The van der Waals surface area contributed by atoms with Gasteiger partial charge in [-0.2, -0.15) is 0 Å². The van der Waals surface area contributed by atoms with Crippen LogP contribution in [0.4, 0.5) is 5.82 Å². The molecular weight excluding hydrogens is 350 g/mol. The summed E-state index contributed by atoms with van der Waals surface area (Å²) in [5.41, 5.74) is 0.833. The Morgan fingerprint density at radius 1 is 1.42 bits per heavy atom. The Kier molecular flexibility index (Phi) is 5.77. The van der Waals surface area contributed by atoms with E-state index in [9.17, 15) is 9.90 Å². The number of thiazole rings is 1. The Hall–Kier alpha value is -2.98. The molecule has 2 aromatic heterocycles. The van der Waals surface area contributed by atoms with E-state index in [0.29, 0.717) is 30.9 Å². The molecular formula is C19H19N3O3S. The van der Waals surface area contributed by atoms with Gasteiger partial charge in [-0.3, -0.25) is 9.78 Å². The number of ether oxygens (including phenoxy) is 1. The van der Waals surface area contributed by atoms with Gasteiger partial charge in [0.15, 0.2) is 0 Å². The maximum atomic E-state index is 11.3. The molecule has 0 amide bonds. The molecule has 0 radical (unpaired) electrons. The number of aromatic hydroxyl groups is 1. The minimum atomic E-state index is -0.267. The fourth-order valence-corrected chi connectivity index (χ4v) is 3.14. The van der Waals surface area contributed by atoms with E-state index in [2.05, 4.69) is 21.8 Å². The summed E-state index contributed by atoms with van der Waals surface area (Å²) in [6.45, 7) is 1.24. The van der Waals surface area contributed by atoms with Crippen molar-refractivity contribution < 1.29 is 9.84 Å². The minimum absolute atomic E-state index is 0.0787. The predicted molar refractivity (Wildman–Crippen MR) is 102 cm³/mol. The molecule has 0 bridgehead atoms. The van der Waals surface area contributed by atoms with Crippen LogP contribution in [-0.2, 0) is 11.2 Å². The van der Waals surface area contributed by atoms with Gasteiger partial charge in [0, 0.05) is 25.2 Å². The standard InChI is InChI=1S/C19H19N3O3S/c1-22(17-7-2-3-10-20-17)11-12-25-15-6-4-5-14(8-9-15)13-16-18(23)21-19(24)26-16/h2-3,7-10,23H,6,11-13H2,1H3,(H,21,24). The van der Waals surface area contributed by atoms with Gasteiger partial charge in [0.25, 0.3) is 0 Å². The number of hydrogen-bond donors (Lipinski definition) is 2. The third-order valence-corrected chi connectivity index (χ3v) is 4.66. The molecule has 0 fully saturated rings. The molecule has 0 saturated carbocycles. The van der Waals surface area contributed by atoms with Crippen molar-refractivity contribution in [2.45, 2.75) is 12.8 Å². The second kappa shape index (κ2) is 8.41. The molecule has 7 heteroatoms. The number of pyridine rings is 1. The summed E-state index contributed by atoms with van der Waals surface area (Å²) in [6, 6.07) is 5.79. The summed E-state index contributed by atoms with van der Waals surface area (Å²) < 4.78 is 5.82. The smallest absolute Gasteiger partial charge is 0.307 e. The molecule has 1 aliphatic carbocycles. The number of rotatable bonds is 7. The third kappa shape index (κ3) is 4.77. The lowest BCUT2D eigenvalue weighted by atomic mass is 10.1. The van der Waals surface area contributed by atoms with Gasteiger partial charge in [0.1, 0.15) is 18.2 Å². The molecule has 3 rings (SSSR count). The van der Waals surface area contributed by atoms with E-state index in [0.717, 1.165) is 28.5 Å². The molecule has 26 heavy (non-hydrogen) atoms. The zero-order valence-corrected chi connectivity index (χ0v) is 15.2. The first-order valence-corrected chi connectivity index (χ1v) is 8.98. The summed E-state index contributed by atoms with van der Waals surface area (Å²) in [5, 5.41) is 9.68. The summed E-state index contributed by atoms with van der Waals surface area (Å²) in [5.74, 6) is 7.74. The summed E-state index contributed by atoms with van der Waals surface area (Å²) >= 11 is 0.997. The highest BCUT2D eigenvalue weighted by atomic mass is 32.1. The highest BCUT2D eigenvalue weighted by molar-refractivity contribution is 7.09. The van der Waals surface area contributed by atoms with E-state index in [1.54, 1.807) is 6.20 Å². The van der Waals surface area contributed by atoms with Gasteiger partial charge in [0.2, 0.25) is 5.88 Å². The number of anilines is 1. The number of nitrogens with one attached hydrogen (secondary N) is 1. The van der Waals surface area contributed by atoms with Gasteiger partial charge in [-0.1, -0.05) is 29.2 Å². The van der Waals surface area contributed by atoms with Crippen molar-refractivity contribution in [1.29, 1.82) is 0 Å². The molecule has 2 N–H and O–H groups in total. The average Bonchev–Trinajstić information content (AvgIpc) is 2.82. The van der Waals surface area contributed by atoms with Crippen LogP contribution in [0, 0.1) is 11.8 Å². The van der Waals surface area contributed by atoms with E-state index < -0.39 is 0 Å². The first-order valence-electron chi connectivity index (χ1n) is 8.16. The predicted octanol–water partition coefficient (Wildman–Crippen LogP) is 2.45. The molecule has 2 heterocycles. The molecule has 1 aliphatic rings.